The Labute approximate surface area is 111 Å². The van der Waals surface area contributed by atoms with Crippen LogP contribution in [0.1, 0.15) is 12.8 Å². The van der Waals surface area contributed by atoms with Gasteiger partial charge in [-0.1, -0.05) is 0 Å². The quantitative estimate of drug-likeness (QED) is 0.799. The lowest BCUT2D eigenvalue weighted by Gasteiger charge is -2.12. The van der Waals surface area contributed by atoms with Crippen LogP contribution >= 0.6 is 22.6 Å². The minimum Gasteiger partial charge on any atom is -0.344 e. The van der Waals surface area contributed by atoms with Crippen LogP contribution in [0.25, 0.3) is 0 Å². The first kappa shape index (κ1) is 12.3. The third-order valence-electron chi connectivity index (χ3n) is 2.50. The van der Waals surface area contributed by atoms with E-state index in [1.807, 2.05) is 22.6 Å². The molecular formula is C11H10FIN2O2. The van der Waals surface area contributed by atoms with E-state index in [0.29, 0.717) is 22.1 Å². The fraction of sp³-hybridized carbons (Fsp3) is 0.273. The van der Waals surface area contributed by atoms with Crippen molar-refractivity contribution in [2.24, 2.45) is 0 Å². The maximum Gasteiger partial charge on any atom is 0.246 e. The molecule has 4 nitrogen and oxygen atoms in total. The highest BCUT2D eigenvalue weighted by molar-refractivity contribution is 14.1. The molecule has 1 aromatic carbocycles. The van der Waals surface area contributed by atoms with Crippen LogP contribution in [0.15, 0.2) is 18.2 Å². The molecule has 0 aromatic heterocycles. The highest BCUT2D eigenvalue weighted by atomic mass is 127. The summed E-state index contributed by atoms with van der Waals surface area (Å²) in [6.45, 7) is 0. The number of hydrogen-bond donors (Lipinski definition) is 2. The minimum absolute atomic E-state index is 0.112. The van der Waals surface area contributed by atoms with E-state index in [0.717, 1.165) is 0 Å². The average Bonchev–Trinajstić information content (AvgIpc) is 2.69. The maximum absolute atomic E-state index is 12.9. The van der Waals surface area contributed by atoms with Crippen LogP contribution in [0.2, 0.25) is 0 Å². The molecule has 1 aliphatic heterocycles. The molecule has 2 N–H and O–H groups in total. The second kappa shape index (κ2) is 4.99. The monoisotopic (exact) mass is 348 g/mol. The van der Waals surface area contributed by atoms with Crippen molar-refractivity contribution in [1.82, 2.24) is 5.32 Å². The summed E-state index contributed by atoms with van der Waals surface area (Å²) in [6, 6.07) is 3.64. The van der Waals surface area contributed by atoms with Crippen molar-refractivity contribution in [3.05, 3.63) is 27.6 Å². The van der Waals surface area contributed by atoms with Crippen LogP contribution in [0.5, 0.6) is 0 Å². The summed E-state index contributed by atoms with van der Waals surface area (Å²) in [7, 11) is 0. The Morgan fingerprint density at radius 1 is 1.53 bits per heavy atom. The van der Waals surface area contributed by atoms with Gasteiger partial charge in [0.2, 0.25) is 11.8 Å². The van der Waals surface area contributed by atoms with Gasteiger partial charge in [0, 0.05) is 9.99 Å². The second-order valence-corrected chi connectivity index (χ2v) is 4.93. The minimum atomic E-state index is -0.483. The normalized spacial score (nSPS) is 18.9. The van der Waals surface area contributed by atoms with Crippen LogP contribution in [0.4, 0.5) is 10.1 Å². The topological polar surface area (TPSA) is 58.2 Å². The molecule has 0 bridgehead atoms. The average molecular weight is 348 g/mol. The van der Waals surface area contributed by atoms with Gasteiger partial charge in [0.1, 0.15) is 11.9 Å². The lowest BCUT2D eigenvalue weighted by molar-refractivity contribution is -0.122. The fourth-order valence-corrected chi connectivity index (χ4v) is 2.23. The molecule has 1 fully saturated rings. The van der Waals surface area contributed by atoms with Crippen molar-refractivity contribution < 1.29 is 14.0 Å². The number of carbonyl (C=O) groups is 2. The number of halogens is 2. The van der Waals surface area contributed by atoms with Gasteiger partial charge in [0.05, 0.1) is 5.69 Å². The molecule has 2 rings (SSSR count). The van der Waals surface area contributed by atoms with E-state index in [1.54, 1.807) is 0 Å². The first-order valence-electron chi connectivity index (χ1n) is 5.11. The first-order chi connectivity index (χ1) is 8.06. The predicted molar refractivity (Wildman–Crippen MR) is 68.9 cm³/mol. The van der Waals surface area contributed by atoms with Crippen molar-refractivity contribution >= 4 is 40.1 Å². The fourth-order valence-electron chi connectivity index (χ4n) is 1.62. The Kier molecular flexibility index (Phi) is 3.60. The maximum atomic E-state index is 12.9. The summed E-state index contributed by atoms with van der Waals surface area (Å²) in [5.41, 5.74) is 0.554. The molecule has 0 aliphatic carbocycles. The van der Waals surface area contributed by atoms with Gasteiger partial charge in [-0.05, 0) is 47.2 Å². The van der Waals surface area contributed by atoms with Crippen molar-refractivity contribution in [2.45, 2.75) is 18.9 Å². The van der Waals surface area contributed by atoms with E-state index in [2.05, 4.69) is 10.6 Å². The summed E-state index contributed by atoms with van der Waals surface area (Å²) < 4.78 is 13.5. The Morgan fingerprint density at radius 2 is 2.29 bits per heavy atom. The lowest BCUT2D eigenvalue weighted by Crippen LogP contribution is -2.37. The zero-order chi connectivity index (χ0) is 12.4. The van der Waals surface area contributed by atoms with Crippen molar-refractivity contribution in [2.75, 3.05) is 5.32 Å². The number of hydrogen-bond acceptors (Lipinski definition) is 2. The number of rotatable bonds is 2. The van der Waals surface area contributed by atoms with E-state index in [9.17, 15) is 14.0 Å². The van der Waals surface area contributed by atoms with Crippen LogP contribution in [-0.2, 0) is 9.59 Å². The Bertz CT molecular complexity index is 479. The summed E-state index contributed by atoms with van der Waals surface area (Å²) in [5.74, 6) is -0.721. The number of anilines is 1. The SMILES string of the molecule is O=C1CC[C@H](C(=O)Nc2ccc(F)cc2I)N1. The highest BCUT2D eigenvalue weighted by Crippen LogP contribution is 2.20. The molecule has 1 aliphatic rings. The van der Waals surface area contributed by atoms with Gasteiger partial charge in [-0.2, -0.15) is 0 Å². The molecule has 1 heterocycles. The molecule has 0 radical (unpaired) electrons. The van der Waals surface area contributed by atoms with Crippen molar-refractivity contribution in [3.8, 4) is 0 Å². The highest BCUT2D eigenvalue weighted by Gasteiger charge is 2.27. The molecule has 1 saturated heterocycles. The van der Waals surface area contributed by atoms with Gasteiger partial charge in [0.15, 0.2) is 0 Å². The van der Waals surface area contributed by atoms with Crippen LogP contribution < -0.4 is 10.6 Å². The van der Waals surface area contributed by atoms with Gasteiger partial charge in [0.25, 0.3) is 0 Å². The van der Waals surface area contributed by atoms with E-state index in [1.165, 1.54) is 18.2 Å². The Hall–Kier alpha value is -1.18. The molecule has 1 atom stereocenters. The molecule has 1 aromatic rings. The van der Waals surface area contributed by atoms with Gasteiger partial charge in [-0.15, -0.1) is 0 Å². The van der Waals surface area contributed by atoms with E-state index in [-0.39, 0.29) is 17.6 Å². The standard InChI is InChI=1S/C11H10FIN2O2/c12-6-1-2-8(7(13)5-6)15-11(17)9-3-4-10(16)14-9/h1-2,5,9H,3-4H2,(H,14,16)(H,15,17)/t9-/m1/s1. The molecule has 90 valence electrons. The van der Waals surface area contributed by atoms with Gasteiger partial charge < -0.3 is 10.6 Å². The van der Waals surface area contributed by atoms with Crippen LogP contribution in [0.3, 0.4) is 0 Å². The molecule has 0 saturated carbocycles. The van der Waals surface area contributed by atoms with E-state index in [4.69, 9.17) is 0 Å². The van der Waals surface area contributed by atoms with Gasteiger partial charge >= 0.3 is 0 Å². The third-order valence-corrected chi connectivity index (χ3v) is 3.39. The third kappa shape index (κ3) is 2.93. The van der Waals surface area contributed by atoms with E-state index >= 15 is 0 Å². The molecule has 0 unspecified atom stereocenters. The van der Waals surface area contributed by atoms with E-state index < -0.39 is 6.04 Å². The zero-order valence-corrected chi connectivity index (χ0v) is 11.0. The molecule has 0 spiro atoms. The Balaban J connectivity index is 2.05. The summed E-state index contributed by atoms with van der Waals surface area (Å²) in [6.07, 6.45) is 0.876. The van der Waals surface area contributed by atoms with Crippen LogP contribution in [0, 0.1) is 9.39 Å². The molecular weight excluding hydrogens is 338 g/mol. The second-order valence-electron chi connectivity index (χ2n) is 3.77. The van der Waals surface area contributed by atoms with Crippen LogP contribution in [-0.4, -0.2) is 17.9 Å². The van der Waals surface area contributed by atoms with Crippen molar-refractivity contribution in [1.29, 1.82) is 0 Å². The summed E-state index contributed by atoms with van der Waals surface area (Å²) >= 11 is 1.94. The number of benzene rings is 1. The molecule has 2 amide bonds. The van der Waals surface area contributed by atoms with Gasteiger partial charge in [-0.25, -0.2) is 4.39 Å². The predicted octanol–water partition coefficient (Wildman–Crippen LogP) is 1.65. The summed E-state index contributed by atoms with van der Waals surface area (Å²) in [4.78, 5) is 22.8. The zero-order valence-electron chi connectivity index (χ0n) is 8.80. The summed E-state index contributed by atoms with van der Waals surface area (Å²) in [5, 5.41) is 5.25. The number of carbonyl (C=O) groups excluding carboxylic acids is 2. The van der Waals surface area contributed by atoms with Gasteiger partial charge in [-0.3, -0.25) is 9.59 Å². The lowest BCUT2D eigenvalue weighted by atomic mass is 10.2. The number of amides is 2. The molecule has 17 heavy (non-hydrogen) atoms. The Morgan fingerprint density at radius 3 is 2.88 bits per heavy atom. The number of nitrogens with one attached hydrogen (secondary N) is 2. The smallest absolute Gasteiger partial charge is 0.246 e. The first-order valence-corrected chi connectivity index (χ1v) is 6.19. The largest absolute Gasteiger partial charge is 0.344 e. The molecule has 6 heteroatoms. The van der Waals surface area contributed by atoms with Crippen molar-refractivity contribution in [3.63, 3.8) is 0 Å².